The maximum Gasteiger partial charge on any atom is 0.161 e. The summed E-state index contributed by atoms with van der Waals surface area (Å²) < 4.78 is 10.7. The normalized spacial score (nSPS) is 28.6. The SMILES string of the molecule is CNC1CC2CCC(C1)N2Cc1ccc(OC)c(OC)c1. The van der Waals surface area contributed by atoms with E-state index < -0.39 is 0 Å². The zero-order chi connectivity index (χ0) is 14.8. The first-order valence-electron chi connectivity index (χ1n) is 7.89. The molecule has 4 heteroatoms. The number of benzene rings is 1. The summed E-state index contributed by atoms with van der Waals surface area (Å²) >= 11 is 0. The van der Waals surface area contributed by atoms with Crippen LogP contribution in [-0.4, -0.2) is 44.3 Å². The molecule has 2 bridgehead atoms. The summed E-state index contributed by atoms with van der Waals surface area (Å²) in [5.41, 5.74) is 1.31. The summed E-state index contributed by atoms with van der Waals surface area (Å²) in [4.78, 5) is 2.69. The summed E-state index contributed by atoms with van der Waals surface area (Å²) in [6.07, 6.45) is 5.24. The van der Waals surface area contributed by atoms with Crippen LogP contribution >= 0.6 is 0 Å². The second kappa shape index (κ2) is 6.24. The van der Waals surface area contributed by atoms with E-state index in [2.05, 4.69) is 29.4 Å². The molecule has 0 spiro atoms. The lowest BCUT2D eigenvalue weighted by atomic mass is 9.97. The largest absolute Gasteiger partial charge is 0.493 e. The highest BCUT2D eigenvalue weighted by atomic mass is 16.5. The lowest BCUT2D eigenvalue weighted by molar-refractivity contribution is 0.111. The molecule has 0 amide bonds. The van der Waals surface area contributed by atoms with Crippen LogP contribution in [0.3, 0.4) is 0 Å². The molecule has 4 nitrogen and oxygen atoms in total. The van der Waals surface area contributed by atoms with Gasteiger partial charge in [0.1, 0.15) is 0 Å². The van der Waals surface area contributed by atoms with Crippen molar-refractivity contribution in [2.75, 3.05) is 21.3 Å². The van der Waals surface area contributed by atoms with Gasteiger partial charge >= 0.3 is 0 Å². The van der Waals surface area contributed by atoms with E-state index in [0.29, 0.717) is 6.04 Å². The van der Waals surface area contributed by atoms with E-state index in [4.69, 9.17) is 9.47 Å². The number of nitrogens with zero attached hydrogens (tertiary/aromatic N) is 1. The first-order chi connectivity index (χ1) is 10.2. The highest BCUT2D eigenvalue weighted by Crippen LogP contribution is 2.37. The Bertz CT molecular complexity index is 478. The van der Waals surface area contributed by atoms with Crippen LogP contribution in [0, 0.1) is 0 Å². The molecule has 2 saturated heterocycles. The number of ether oxygens (including phenoxy) is 2. The third-order valence-corrected chi connectivity index (χ3v) is 5.11. The Kier molecular flexibility index (Phi) is 4.36. The molecule has 1 aromatic carbocycles. The third-order valence-electron chi connectivity index (χ3n) is 5.11. The summed E-state index contributed by atoms with van der Waals surface area (Å²) in [6, 6.07) is 8.44. The lowest BCUT2D eigenvalue weighted by Crippen LogP contribution is -2.47. The van der Waals surface area contributed by atoms with Gasteiger partial charge in [-0.25, -0.2) is 0 Å². The molecule has 3 rings (SSSR count). The molecule has 2 heterocycles. The fraction of sp³-hybridized carbons (Fsp3) is 0.647. The number of methoxy groups -OCH3 is 2. The molecule has 1 aromatic rings. The molecule has 2 atom stereocenters. The van der Waals surface area contributed by atoms with Crippen molar-refractivity contribution in [3.63, 3.8) is 0 Å². The fourth-order valence-corrected chi connectivity index (χ4v) is 3.96. The van der Waals surface area contributed by atoms with Gasteiger partial charge in [-0.05, 0) is 50.4 Å². The Hall–Kier alpha value is -1.26. The zero-order valence-corrected chi connectivity index (χ0v) is 13.3. The van der Waals surface area contributed by atoms with Gasteiger partial charge in [0.05, 0.1) is 14.2 Å². The number of rotatable bonds is 5. The number of hydrogen-bond donors (Lipinski definition) is 1. The minimum Gasteiger partial charge on any atom is -0.493 e. The molecule has 0 aromatic heterocycles. The van der Waals surface area contributed by atoms with Gasteiger partial charge in [0.25, 0.3) is 0 Å². The Labute approximate surface area is 127 Å². The first-order valence-corrected chi connectivity index (χ1v) is 7.89. The summed E-state index contributed by atoms with van der Waals surface area (Å²) in [6.45, 7) is 1.02. The summed E-state index contributed by atoms with van der Waals surface area (Å²) in [7, 11) is 5.47. The van der Waals surface area contributed by atoms with Crippen LogP contribution in [0.25, 0.3) is 0 Å². The van der Waals surface area contributed by atoms with Gasteiger partial charge < -0.3 is 14.8 Å². The molecule has 116 valence electrons. The number of hydrogen-bond acceptors (Lipinski definition) is 4. The molecular formula is C17H26N2O2. The predicted molar refractivity (Wildman–Crippen MR) is 84.0 cm³/mol. The van der Waals surface area contributed by atoms with Gasteiger partial charge in [-0.2, -0.15) is 0 Å². The van der Waals surface area contributed by atoms with Crippen LogP contribution in [0.2, 0.25) is 0 Å². The molecule has 2 unspecified atom stereocenters. The average molecular weight is 290 g/mol. The van der Waals surface area contributed by atoms with Crippen molar-refractivity contribution in [1.82, 2.24) is 10.2 Å². The molecule has 1 N–H and O–H groups in total. The minimum absolute atomic E-state index is 0.698. The number of fused-ring (bicyclic) bond motifs is 2. The first kappa shape index (κ1) is 14.7. The highest BCUT2D eigenvalue weighted by Gasteiger charge is 2.39. The van der Waals surface area contributed by atoms with Crippen LogP contribution in [0.15, 0.2) is 18.2 Å². The quantitative estimate of drug-likeness (QED) is 0.903. The maximum atomic E-state index is 5.42. The standard InChI is InChI=1S/C17H26N2O2/c1-18-13-9-14-5-6-15(10-13)19(14)11-12-4-7-16(20-2)17(8-12)21-3/h4,7-8,13-15,18H,5-6,9-11H2,1-3H3. The average Bonchev–Trinajstić information content (AvgIpc) is 2.76. The second-order valence-electron chi connectivity index (χ2n) is 6.20. The molecule has 0 aliphatic carbocycles. The van der Waals surface area contributed by atoms with Crippen molar-refractivity contribution in [2.45, 2.75) is 50.4 Å². The molecule has 2 aliphatic rings. The summed E-state index contributed by atoms with van der Waals surface area (Å²) in [5, 5.41) is 3.46. The van der Waals surface area contributed by atoms with Gasteiger partial charge in [0.15, 0.2) is 11.5 Å². The van der Waals surface area contributed by atoms with Crippen molar-refractivity contribution in [2.24, 2.45) is 0 Å². The van der Waals surface area contributed by atoms with Crippen molar-refractivity contribution >= 4 is 0 Å². The van der Waals surface area contributed by atoms with E-state index in [1.54, 1.807) is 14.2 Å². The molecule has 21 heavy (non-hydrogen) atoms. The van der Waals surface area contributed by atoms with E-state index in [1.165, 1.54) is 31.2 Å². The predicted octanol–water partition coefficient (Wildman–Crippen LogP) is 2.42. The van der Waals surface area contributed by atoms with E-state index in [0.717, 1.165) is 30.1 Å². The Morgan fingerprint density at radius 3 is 2.33 bits per heavy atom. The van der Waals surface area contributed by atoms with Crippen LogP contribution in [0.5, 0.6) is 11.5 Å². The smallest absolute Gasteiger partial charge is 0.161 e. The van der Waals surface area contributed by atoms with Gasteiger partial charge in [-0.15, -0.1) is 0 Å². The van der Waals surface area contributed by atoms with Crippen LogP contribution in [-0.2, 0) is 6.54 Å². The molecule has 0 radical (unpaired) electrons. The van der Waals surface area contributed by atoms with Crippen LogP contribution in [0.4, 0.5) is 0 Å². The Morgan fingerprint density at radius 2 is 1.76 bits per heavy atom. The molecule has 2 aliphatic heterocycles. The van der Waals surface area contributed by atoms with Crippen LogP contribution in [0.1, 0.15) is 31.2 Å². The zero-order valence-electron chi connectivity index (χ0n) is 13.3. The fourth-order valence-electron chi connectivity index (χ4n) is 3.96. The van der Waals surface area contributed by atoms with Crippen molar-refractivity contribution in [1.29, 1.82) is 0 Å². The molecule has 0 saturated carbocycles. The maximum absolute atomic E-state index is 5.42. The topological polar surface area (TPSA) is 33.7 Å². The van der Waals surface area contributed by atoms with Gasteiger partial charge in [0, 0.05) is 24.7 Å². The van der Waals surface area contributed by atoms with Gasteiger partial charge in [0.2, 0.25) is 0 Å². The van der Waals surface area contributed by atoms with E-state index in [9.17, 15) is 0 Å². The molecule has 2 fully saturated rings. The van der Waals surface area contributed by atoms with Gasteiger partial charge in [-0.3, -0.25) is 4.90 Å². The lowest BCUT2D eigenvalue weighted by Gasteiger charge is -2.39. The Balaban J connectivity index is 1.73. The Morgan fingerprint density at radius 1 is 1.10 bits per heavy atom. The van der Waals surface area contributed by atoms with Crippen molar-refractivity contribution < 1.29 is 9.47 Å². The van der Waals surface area contributed by atoms with Crippen molar-refractivity contribution in [3.8, 4) is 11.5 Å². The van der Waals surface area contributed by atoms with Crippen molar-refractivity contribution in [3.05, 3.63) is 23.8 Å². The minimum atomic E-state index is 0.698. The third kappa shape index (κ3) is 2.87. The van der Waals surface area contributed by atoms with E-state index in [-0.39, 0.29) is 0 Å². The molecular weight excluding hydrogens is 264 g/mol. The number of piperidine rings is 1. The highest BCUT2D eigenvalue weighted by molar-refractivity contribution is 5.42. The van der Waals surface area contributed by atoms with Crippen LogP contribution < -0.4 is 14.8 Å². The van der Waals surface area contributed by atoms with Gasteiger partial charge in [-0.1, -0.05) is 6.07 Å². The van der Waals surface area contributed by atoms with E-state index >= 15 is 0 Å². The second-order valence-corrected chi connectivity index (χ2v) is 6.20. The summed E-state index contributed by atoms with van der Waals surface area (Å²) in [5.74, 6) is 1.63. The van der Waals surface area contributed by atoms with E-state index in [1.807, 2.05) is 6.07 Å². The number of nitrogens with one attached hydrogen (secondary N) is 1. The monoisotopic (exact) mass is 290 g/mol.